The van der Waals surface area contributed by atoms with Gasteiger partial charge >= 0.3 is 0 Å². The van der Waals surface area contributed by atoms with Gasteiger partial charge in [-0.1, -0.05) is 26.0 Å². The Balaban J connectivity index is 1.89. The zero-order valence-electron chi connectivity index (χ0n) is 12.8. The second-order valence-electron chi connectivity index (χ2n) is 5.63. The molecular weight excluding hydrogens is 269 g/mol. The number of halogens is 1. The third-order valence-electron chi connectivity index (χ3n) is 3.06. The third-order valence-corrected chi connectivity index (χ3v) is 3.06. The van der Waals surface area contributed by atoms with Crippen molar-refractivity contribution in [2.75, 3.05) is 18.5 Å². The smallest absolute Gasteiger partial charge is 0.297 e. The highest BCUT2D eigenvalue weighted by Crippen LogP contribution is 2.15. The number of nitrogens with zero attached hydrogens (tertiary/aromatic N) is 2. The first-order valence-corrected chi connectivity index (χ1v) is 7.15. The van der Waals surface area contributed by atoms with E-state index in [1.807, 2.05) is 11.9 Å². The summed E-state index contributed by atoms with van der Waals surface area (Å²) in [6.07, 6.45) is 1.67. The van der Waals surface area contributed by atoms with Gasteiger partial charge in [0, 0.05) is 20.1 Å². The molecule has 0 spiro atoms. The van der Waals surface area contributed by atoms with Crippen molar-refractivity contribution in [1.82, 2.24) is 10.3 Å². The van der Waals surface area contributed by atoms with E-state index >= 15 is 0 Å². The van der Waals surface area contributed by atoms with Gasteiger partial charge < -0.3 is 14.6 Å². The minimum atomic E-state index is -0.226. The maximum Gasteiger partial charge on any atom is 0.297 e. The van der Waals surface area contributed by atoms with Gasteiger partial charge in [-0.3, -0.25) is 0 Å². The molecule has 21 heavy (non-hydrogen) atoms. The van der Waals surface area contributed by atoms with Crippen molar-refractivity contribution in [3.05, 3.63) is 47.6 Å². The molecule has 0 fully saturated rings. The molecule has 0 radical (unpaired) electrons. The lowest BCUT2D eigenvalue weighted by atomic mass is 10.2. The van der Waals surface area contributed by atoms with E-state index in [-0.39, 0.29) is 5.82 Å². The minimum Gasteiger partial charge on any atom is -0.432 e. The van der Waals surface area contributed by atoms with Gasteiger partial charge in [0.2, 0.25) is 0 Å². The zero-order valence-corrected chi connectivity index (χ0v) is 12.8. The lowest BCUT2D eigenvalue weighted by Gasteiger charge is -2.14. The number of oxazole rings is 1. The summed E-state index contributed by atoms with van der Waals surface area (Å²) in [7, 11) is 1.90. The van der Waals surface area contributed by atoms with Gasteiger partial charge in [0.15, 0.2) is 0 Å². The summed E-state index contributed by atoms with van der Waals surface area (Å²) in [4.78, 5) is 6.35. The maximum absolute atomic E-state index is 12.9. The quantitative estimate of drug-likeness (QED) is 0.850. The molecule has 0 bridgehead atoms. The van der Waals surface area contributed by atoms with Crippen molar-refractivity contribution in [2.24, 2.45) is 5.92 Å². The van der Waals surface area contributed by atoms with Crippen LogP contribution in [0.5, 0.6) is 0 Å². The Kier molecular flexibility index (Phi) is 5.33. The third kappa shape index (κ3) is 4.86. The van der Waals surface area contributed by atoms with Crippen LogP contribution in [0.4, 0.5) is 10.4 Å². The molecule has 0 aliphatic carbocycles. The average molecular weight is 291 g/mol. The molecule has 1 aromatic carbocycles. The Bertz CT molecular complexity index is 551. The zero-order chi connectivity index (χ0) is 15.2. The molecule has 0 aliphatic rings. The second kappa shape index (κ2) is 7.22. The summed E-state index contributed by atoms with van der Waals surface area (Å²) in [5, 5.41) is 3.33. The molecule has 2 aromatic rings. The van der Waals surface area contributed by atoms with Crippen molar-refractivity contribution in [1.29, 1.82) is 0 Å². The van der Waals surface area contributed by atoms with E-state index in [0.29, 0.717) is 25.0 Å². The van der Waals surface area contributed by atoms with E-state index in [9.17, 15) is 4.39 Å². The fourth-order valence-corrected chi connectivity index (χ4v) is 1.97. The van der Waals surface area contributed by atoms with Gasteiger partial charge in [-0.15, -0.1) is 0 Å². The van der Waals surface area contributed by atoms with Crippen LogP contribution < -0.4 is 10.2 Å². The van der Waals surface area contributed by atoms with Crippen LogP contribution >= 0.6 is 0 Å². The average Bonchev–Trinajstić information content (AvgIpc) is 2.90. The first-order valence-electron chi connectivity index (χ1n) is 7.15. The summed E-state index contributed by atoms with van der Waals surface area (Å²) >= 11 is 0. The van der Waals surface area contributed by atoms with Crippen LogP contribution in [-0.2, 0) is 13.1 Å². The number of nitrogens with one attached hydrogen (secondary N) is 1. The van der Waals surface area contributed by atoms with Crippen LogP contribution in [0.1, 0.15) is 25.1 Å². The standard InChI is InChI=1S/C16H22FN3O/c1-12(2)8-18-9-15-11-21-16(19-15)20(3)10-13-4-6-14(17)7-5-13/h4-7,11-12,18H,8-10H2,1-3H3. The normalized spacial score (nSPS) is 11.1. The van der Waals surface area contributed by atoms with Crippen molar-refractivity contribution < 1.29 is 8.81 Å². The summed E-state index contributed by atoms with van der Waals surface area (Å²) in [6, 6.07) is 7.01. The first-order chi connectivity index (χ1) is 10.0. The largest absolute Gasteiger partial charge is 0.432 e. The van der Waals surface area contributed by atoms with E-state index in [2.05, 4.69) is 24.1 Å². The monoisotopic (exact) mass is 291 g/mol. The van der Waals surface area contributed by atoms with Crippen LogP contribution in [0.25, 0.3) is 0 Å². The number of hydrogen-bond donors (Lipinski definition) is 1. The predicted octanol–water partition coefficient (Wildman–Crippen LogP) is 3.20. The summed E-state index contributed by atoms with van der Waals surface area (Å²) < 4.78 is 18.4. The number of aromatic nitrogens is 1. The van der Waals surface area contributed by atoms with Gasteiger partial charge in [0.25, 0.3) is 6.01 Å². The first kappa shape index (κ1) is 15.5. The van der Waals surface area contributed by atoms with Gasteiger partial charge in [0.05, 0.1) is 5.69 Å². The minimum absolute atomic E-state index is 0.226. The van der Waals surface area contributed by atoms with E-state index in [4.69, 9.17) is 4.42 Å². The van der Waals surface area contributed by atoms with Gasteiger partial charge in [-0.25, -0.2) is 4.39 Å². The van der Waals surface area contributed by atoms with E-state index in [1.165, 1.54) is 12.1 Å². The molecule has 5 heteroatoms. The van der Waals surface area contributed by atoms with Crippen LogP contribution in [-0.4, -0.2) is 18.6 Å². The Hall–Kier alpha value is -1.88. The molecule has 0 atom stereocenters. The number of hydrogen-bond acceptors (Lipinski definition) is 4. The SMILES string of the molecule is CC(C)CNCc1coc(N(C)Cc2ccc(F)cc2)n1. The molecule has 114 valence electrons. The van der Waals surface area contributed by atoms with E-state index < -0.39 is 0 Å². The fourth-order valence-electron chi connectivity index (χ4n) is 1.97. The maximum atomic E-state index is 12.9. The van der Waals surface area contributed by atoms with Crippen LogP contribution in [0.2, 0.25) is 0 Å². The van der Waals surface area contributed by atoms with Gasteiger partial charge in [-0.2, -0.15) is 4.98 Å². The molecule has 0 amide bonds. The van der Waals surface area contributed by atoms with Gasteiger partial charge in [-0.05, 0) is 30.2 Å². The summed E-state index contributed by atoms with van der Waals surface area (Å²) in [5.74, 6) is 0.383. The van der Waals surface area contributed by atoms with Crippen molar-refractivity contribution in [2.45, 2.75) is 26.9 Å². The predicted molar refractivity (Wildman–Crippen MR) is 81.6 cm³/mol. The highest BCUT2D eigenvalue weighted by atomic mass is 19.1. The molecule has 0 saturated carbocycles. The molecular formula is C16H22FN3O. The molecule has 1 heterocycles. The lowest BCUT2D eigenvalue weighted by molar-refractivity contribution is 0.535. The van der Waals surface area contributed by atoms with E-state index in [1.54, 1.807) is 18.4 Å². The second-order valence-corrected chi connectivity index (χ2v) is 5.63. The van der Waals surface area contributed by atoms with Crippen molar-refractivity contribution in [3.63, 3.8) is 0 Å². The van der Waals surface area contributed by atoms with E-state index in [0.717, 1.165) is 17.8 Å². The Labute approximate surface area is 125 Å². The Morgan fingerprint density at radius 3 is 2.67 bits per heavy atom. The topological polar surface area (TPSA) is 41.3 Å². The summed E-state index contributed by atoms with van der Waals surface area (Å²) in [6.45, 7) is 6.61. The van der Waals surface area contributed by atoms with Crippen LogP contribution in [0, 0.1) is 11.7 Å². The molecule has 0 aliphatic heterocycles. The lowest BCUT2D eigenvalue weighted by Crippen LogP contribution is -2.20. The molecule has 0 saturated heterocycles. The number of rotatable bonds is 7. The van der Waals surface area contributed by atoms with Gasteiger partial charge in [0.1, 0.15) is 12.1 Å². The molecule has 1 aromatic heterocycles. The van der Waals surface area contributed by atoms with Crippen LogP contribution in [0.3, 0.4) is 0 Å². The molecule has 4 nitrogen and oxygen atoms in total. The molecule has 0 unspecified atom stereocenters. The molecule has 2 rings (SSSR count). The highest BCUT2D eigenvalue weighted by molar-refractivity contribution is 5.29. The summed E-state index contributed by atoms with van der Waals surface area (Å²) in [5.41, 5.74) is 1.90. The van der Waals surface area contributed by atoms with Crippen molar-refractivity contribution in [3.8, 4) is 0 Å². The van der Waals surface area contributed by atoms with Crippen LogP contribution in [0.15, 0.2) is 34.9 Å². The fraction of sp³-hybridized carbons (Fsp3) is 0.438. The highest BCUT2D eigenvalue weighted by Gasteiger charge is 2.09. The number of benzene rings is 1. The van der Waals surface area contributed by atoms with Crippen molar-refractivity contribution >= 4 is 6.01 Å². The Morgan fingerprint density at radius 1 is 1.29 bits per heavy atom. The molecule has 1 N–H and O–H groups in total. The Morgan fingerprint density at radius 2 is 2.00 bits per heavy atom. The number of anilines is 1.